The molecule has 0 saturated heterocycles. The molecule has 1 heterocycles. The van der Waals surface area contributed by atoms with Gasteiger partial charge in [-0.1, -0.05) is 35.5 Å². The van der Waals surface area contributed by atoms with Gasteiger partial charge in [-0.3, -0.25) is 0 Å². The van der Waals surface area contributed by atoms with E-state index in [2.05, 4.69) is 10.3 Å². The molecule has 1 aromatic heterocycles. The normalized spacial score (nSPS) is 12.4. The maximum absolute atomic E-state index is 11.9. The van der Waals surface area contributed by atoms with Crippen molar-refractivity contribution in [1.82, 2.24) is 15.0 Å². The Morgan fingerprint density at radius 1 is 1.21 bits per heavy atom. The molecule has 0 radical (unpaired) electrons. The molecule has 0 aliphatic rings. The first kappa shape index (κ1) is 13.3. The van der Waals surface area contributed by atoms with Crippen LogP contribution in [0.4, 0.5) is 0 Å². The van der Waals surface area contributed by atoms with Crippen LogP contribution in [0, 0.1) is 0 Å². The van der Waals surface area contributed by atoms with Gasteiger partial charge in [0.05, 0.1) is 18.3 Å². The SMILES string of the molecule is CC(C)OC(=O)c1cnnn1[C@H](C)c1ccccc1. The largest absolute Gasteiger partial charge is 0.458 e. The third-order valence-corrected chi connectivity index (χ3v) is 2.78. The molecular weight excluding hydrogens is 242 g/mol. The molecule has 5 heteroatoms. The van der Waals surface area contributed by atoms with Crippen LogP contribution in [0.1, 0.15) is 42.9 Å². The van der Waals surface area contributed by atoms with Gasteiger partial charge in [-0.15, -0.1) is 5.10 Å². The molecule has 0 aliphatic carbocycles. The van der Waals surface area contributed by atoms with E-state index in [-0.39, 0.29) is 12.1 Å². The lowest BCUT2D eigenvalue weighted by Crippen LogP contribution is -2.19. The van der Waals surface area contributed by atoms with Crippen molar-refractivity contribution in [2.45, 2.75) is 32.9 Å². The third-order valence-electron chi connectivity index (χ3n) is 2.78. The van der Waals surface area contributed by atoms with Crippen molar-refractivity contribution in [3.63, 3.8) is 0 Å². The van der Waals surface area contributed by atoms with Gasteiger partial charge in [0.25, 0.3) is 0 Å². The van der Waals surface area contributed by atoms with Gasteiger partial charge in [0, 0.05) is 0 Å². The van der Waals surface area contributed by atoms with Gasteiger partial charge in [0.15, 0.2) is 5.69 Å². The molecule has 0 saturated carbocycles. The number of benzene rings is 1. The molecule has 5 nitrogen and oxygen atoms in total. The Hall–Kier alpha value is -2.17. The van der Waals surface area contributed by atoms with Gasteiger partial charge in [-0.25, -0.2) is 9.48 Å². The van der Waals surface area contributed by atoms with Gasteiger partial charge in [-0.05, 0) is 26.3 Å². The van der Waals surface area contributed by atoms with E-state index in [1.165, 1.54) is 6.20 Å². The highest BCUT2D eigenvalue weighted by molar-refractivity contribution is 5.87. The van der Waals surface area contributed by atoms with E-state index in [0.717, 1.165) is 5.56 Å². The molecule has 100 valence electrons. The van der Waals surface area contributed by atoms with Crippen LogP contribution in [0.3, 0.4) is 0 Å². The van der Waals surface area contributed by atoms with E-state index in [1.807, 2.05) is 51.1 Å². The predicted octanol–water partition coefficient (Wildman–Crippen LogP) is 2.45. The molecule has 0 spiro atoms. The minimum absolute atomic E-state index is 0.0709. The van der Waals surface area contributed by atoms with Gasteiger partial charge >= 0.3 is 5.97 Å². The highest BCUT2D eigenvalue weighted by atomic mass is 16.5. The second-order valence-corrected chi connectivity index (χ2v) is 4.60. The number of ether oxygens (including phenoxy) is 1. The summed E-state index contributed by atoms with van der Waals surface area (Å²) in [6, 6.07) is 9.77. The average molecular weight is 259 g/mol. The Balaban J connectivity index is 2.27. The highest BCUT2D eigenvalue weighted by Crippen LogP contribution is 2.18. The molecule has 0 N–H and O–H groups in total. The lowest BCUT2D eigenvalue weighted by molar-refractivity contribution is 0.0362. The first-order valence-electron chi connectivity index (χ1n) is 6.25. The van der Waals surface area contributed by atoms with Crippen LogP contribution in [0.25, 0.3) is 0 Å². The molecule has 2 aromatic rings. The first-order chi connectivity index (χ1) is 9.09. The summed E-state index contributed by atoms with van der Waals surface area (Å²) in [5.74, 6) is -0.400. The summed E-state index contributed by atoms with van der Waals surface area (Å²) in [6.45, 7) is 5.59. The third kappa shape index (κ3) is 2.99. The van der Waals surface area contributed by atoms with Crippen LogP contribution in [-0.4, -0.2) is 27.1 Å². The zero-order valence-electron chi connectivity index (χ0n) is 11.3. The molecule has 19 heavy (non-hydrogen) atoms. The van der Waals surface area contributed by atoms with E-state index in [1.54, 1.807) is 4.68 Å². The Labute approximate surface area is 112 Å². The van der Waals surface area contributed by atoms with E-state index < -0.39 is 5.97 Å². The van der Waals surface area contributed by atoms with E-state index in [4.69, 9.17) is 4.74 Å². The van der Waals surface area contributed by atoms with Crippen molar-refractivity contribution in [3.05, 3.63) is 47.8 Å². The standard InChI is InChI=1S/C14H17N3O2/c1-10(2)19-14(18)13-9-15-16-17(13)11(3)12-7-5-4-6-8-12/h4-11H,1-3H3/t11-/m1/s1. The van der Waals surface area contributed by atoms with Gasteiger partial charge in [0.2, 0.25) is 0 Å². The van der Waals surface area contributed by atoms with Crippen molar-refractivity contribution < 1.29 is 9.53 Å². The smallest absolute Gasteiger partial charge is 0.358 e. The molecule has 0 unspecified atom stereocenters. The summed E-state index contributed by atoms with van der Waals surface area (Å²) in [6.07, 6.45) is 1.27. The first-order valence-corrected chi connectivity index (χ1v) is 6.25. The predicted molar refractivity (Wildman–Crippen MR) is 70.8 cm³/mol. The summed E-state index contributed by atoms with van der Waals surface area (Å²) in [5.41, 5.74) is 1.43. The number of carbonyl (C=O) groups excluding carboxylic acids is 1. The number of carbonyl (C=O) groups is 1. The maximum atomic E-state index is 11.9. The topological polar surface area (TPSA) is 57.0 Å². The van der Waals surface area contributed by atoms with Crippen molar-refractivity contribution in [2.24, 2.45) is 0 Å². The molecule has 1 atom stereocenters. The summed E-state index contributed by atoms with van der Waals surface area (Å²) in [4.78, 5) is 11.9. The average Bonchev–Trinajstić information content (AvgIpc) is 2.87. The lowest BCUT2D eigenvalue weighted by Gasteiger charge is -2.15. The van der Waals surface area contributed by atoms with Crippen LogP contribution in [0.2, 0.25) is 0 Å². The molecule has 1 aromatic carbocycles. The molecular formula is C14H17N3O2. The summed E-state index contributed by atoms with van der Waals surface area (Å²) in [7, 11) is 0. The number of hydrogen-bond acceptors (Lipinski definition) is 4. The Morgan fingerprint density at radius 2 is 1.89 bits per heavy atom. The van der Waals surface area contributed by atoms with Crippen LogP contribution in [0.5, 0.6) is 0 Å². The second kappa shape index (κ2) is 5.65. The molecule has 2 rings (SSSR count). The van der Waals surface area contributed by atoms with Crippen LogP contribution >= 0.6 is 0 Å². The Bertz CT molecular complexity index is 549. The second-order valence-electron chi connectivity index (χ2n) is 4.60. The summed E-state index contributed by atoms with van der Waals surface area (Å²) < 4.78 is 6.76. The van der Waals surface area contributed by atoms with Crippen molar-refractivity contribution in [3.8, 4) is 0 Å². The van der Waals surface area contributed by atoms with E-state index in [9.17, 15) is 4.79 Å². The quantitative estimate of drug-likeness (QED) is 0.791. The zero-order chi connectivity index (χ0) is 13.8. The lowest BCUT2D eigenvalue weighted by atomic mass is 10.1. The van der Waals surface area contributed by atoms with Gasteiger partial charge < -0.3 is 4.74 Å². The van der Waals surface area contributed by atoms with Gasteiger partial charge in [-0.2, -0.15) is 0 Å². The monoisotopic (exact) mass is 259 g/mol. The fraction of sp³-hybridized carbons (Fsp3) is 0.357. The van der Waals surface area contributed by atoms with Crippen LogP contribution in [0.15, 0.2) is 36.5 Å². The van der Waals surface area contributed by atoms with Crippen LogP contribution < -0.4 is 0 Å². The number of esters is 1. The van der Waals surface area contributed by atoms with E-state index in [0.29, 0.717) is 5.69 Å². The number of aromatic nitrogens is 3. The molecule has 0 fully saturated rings. The number of nitrogens with zero attached hydrogens (tertiary/aromatic N) is 3. The summed E-state index contributed by atoms with van der Waals surface area (Å²) in [5, 5.41) is 7.80. The molecule has 0 amide bonds. The van der Waals surface area contributed by atoms with Crippen molar-refractivity contribution >= 4 is 5.97 Å². The highest BCUT2D eigenvalue weighted by Gasteiger charge is 2.20. The molecule has 0 aliphatic heterocycles. The minimum Gasteiger partial charge on any atom is -0.458 e. The summed E-state index contributed by atoms with van der Waals surface area (Å²) >= 11 is 0. The Kier molecular flexibility index (Phi) is 3.94. The maximum Gasteiger partial charge on any atom is 0.358 e. The van der Waals surface area contributed by atoms with Gasteiger partial charge in [0.1, 0.15) is 0 Å². The fourth-order valence-corrected chi connectivity index (χ4v) is 1.82. The van der Waals surface area contributed by atoms with Crippen molar-refractivity contribution in [1.29, 1.82) is 0 Å². The minimum atomic E-state index is -0.400. The van der Waals surface area contributed by atoms with Crippen LogP contribution in [-0.2, 0) is 4.74 Å². The fourth-order valence-electron chi connectivity index (χ4n) is 1.82. The Morgan fingerprint density at radius 3 is 2.53 bits per heavy atom. The number of rotatable bonds is 4. The van der Waals surface area contributed by atoms with E-state index >= 15 is 0 Å². The number of hydrogen-bond donors (Lipinski definition) is 0. The molecule has 0 bridgehead atoms. The van der Waals surface area contributed by atoms with Crippen molar-refractivity contribution in [2.75, 3.05) is 0 Å². The zero-order valence-corrected chi connectivity index (χ0v) is 11.3.